The Balaban J connectivity index is 1.78. The van der Waals surface area contributed by atoms with Gasteiger partial charge < -0.3 is 15.2 Å². The van der Waals surface area contributed by atoms with Crippen molar-refractivity contribution in [1.82, 2.24) is 14.9 Å². The summed E-state index contributed by atoms with van der Waals surface area (Å²) in [6, 6.07) is 1.45. The number of aromatic nitrogens is 2. The van der Waals surface area contributed by atoms with Crippen molar-refractivity contribution in [2.45, 2.75) is 45.3 Å². The van der Waals surface area contributed by atoms with Gasteiger partial charge in [0.2, 0.25) is 0 Å². The van der Waals surface area contributed by atoms with Gasteiger partial charge in [-0.2, -0.15) is 0 Å². The van der Waals surface area contributed by atoms with Gasteiger partial charge in [0.15, 0.2) is 0 Å². The van der Waals surface area contributed by atoms with Crippen molar-refractivity contribution in [1.29, 1.82) is 0 Å². The lowest BCUT2D eigenvalue weighted by atomic mass is 9.73. The molecule has 0 spiro atoms. The average Bonchev–Trinajstić information content (AvgIpc) is 3.25. The van der Waals surface area contributed by atoms with E-state index in [9.17, 15) is 19.8 Å². The van der Waals surface area contributed by atoms with Gasteiger partial charge in [-0.25, -0.2) is 4.98 Å². The molecule has 7 nitrogen and oxygen atoms in total. The number of piperidine rings is 1. The molecule has 126 valence electrons. The highest BCUT2D eigenvalue weighted by atomic mass is 16.4. The summed E-state index contributed by atoms with van der Waals surface area (Å²) in [6.07, 6.45) is 2.25. The van der Waals surface area contributed by atoms with E-state index in [2.05, 4.69) is 9.97 Å². The van der Waals surface area contributed by atoms with Crippen LogP contribution in [0.25, 0.3) is 0 Å². The molecule has 1 aliphatic carbocycles. The molecule has 2 aliphatic rings. The maximum Gasteiger partial charge on any atom is 0.313 e. The van der Waals surface area contributed by atoms with Gasteiger partial charge >= 0.3 is 5.97 Å². The Kier molecular flexibility index (Phi) is 4.25. The molecule has 2 fully saturated rings. The SMILES string of the molecule is Cc1nc(CN2CC[C@H](O)[C@](CC3CC3)(C(=O)O)C2)cc(=O)[nH]1. The van der Waals surface area contributed by atoms with Gasteiger partial charge in [-0.3, -0.25) is 14.5 Å². The van der Waals surface area contributed by atoms with Crippen LogP contribution in [0.15, 0.2) is 10.9 Å². The number of aliphatic hydroxyl groups is 1. The second-order valence-electron chi connectivity index (χ2n) is 6.95. The Morgan fingerprint density at radius 3 is 2.83 bits per heavy atom. The number of hydrogen-bond acceptors (Lipinski definition) is 5. The van der Waals surface area contributed by atoms with Crippen LogP contribution >= 0.6 is 0 Å². The molecule has 1 aromatic heterocycles. The van der Waals surface area contributed by atoms with Gasteiger partial charge in [0.1, 0.15) is 11.2 Å². The number of likely N-dealkylation sites (tertiary alicyclic amines) is 1. The number of hydrogen-bond donors (Lipinski definition) is 3. The molecule has 3 rings (SSSR count). The third kappa shape index (κ3) is 3.45. The van der Waals surface area contributed by atoms with E-state index in [1.165, 1.54) is 6.07 Å². The lowest BCUT2D eigenvalue weighted by molar-refractivity contribution is -0.165. The van der Waals surface area contributed by atoms with E-state index >= 15 is 0 Å². The van der Waals surface area contributed by atoms with Gasteiger partial charge in [-0.15, -0.1) is 0 Å². The largest absolute Gasteiger partial charge is 0.481 e. The normalized spacial score (nSPS) is 28.7. The first kappa shape index (κ1) is 16.1. The summed E-state index contributed by atoms with van der Waals surface area (Å²) in [4.78, 5) is 32.3. The Labute approximate surface area is 134 Å². The minimum Gasteiger partial charge on any atom is -0.481 e. The predicted molar refractivity (Wildman–Crippen MR) is 82.9 cm³/mol. The van der Waals surface area contributed by atoms with Gasteiger partial charge in [-0.1, -0.05) is 12.8 Å². The zero-order valence-electron chi connectivity index (χ0n) is 13.3. The van der Waals surface area contributed by atoms with Crippen LogP contribution in [-0.4, -0.2) is 50.2 Å². The van der Waals surface area contributed by atoms with E-state index < -0.39 is 17.5 Å². The van der Waals surface area contributed by atoms with Gasteiger partial charge in [0.25, 0.3) is 5.56 Å². The number of aromatic amines is 1. The van der Waals surface area contributed by atoms with Crippen LogP contribution < -0.4 is 5.56 Å². The van der Waals surface area contributed by atoms with Crippen molar-refractivity contribution >= 4 is 5.97 Å². The van der Waals surface area contributed by atoms with Crippen LogP contribution in [0.2, 0.25) is 0 Å². The van der Waals surface area contributed by atoms with Crippen molar-refractivity contribution in [3.05, 3.63) is 27.9 Å². The summed E-state index contributed by atoms with van der Waals surface area (Å²) in [5.41, 5.74) is -0.671. The third-order valence-electron chi connectivity index (χ3n) is 4.94. The number of H-pyrrole nitrogens is 1. The highest BCUT2D eigenvalue weighted by molar-refractivity contribution is 5.76. The number of nitrogens with zero attached hydrogens (tertiary/aromatic N) is 2. The van der Waals surface area contributed by atoms with Crippen molar-refractivity contribution < 1.29 is 15.0 Å². The predicted octanol–water partition coefficient (Wildman–Crippen LogP) is 0.516. The smallest absolute Gasteiger partial charge is 0.313 e. The van der Waals surface area contributed by atoms with Crippen molar-refractivity contribution in [2.75, 3.05) is 13.1 Å². The molecule has 1 aliphatic heterocycles. The fourth-order valence-electron chi connectivity index (χ4n) is 3.59. The Morgan fingerprint density at radius 2 is 2.22 bits per heavy atom. The lowest BCUT2D eigenvalue weighted by Crippen LogP contribution is -2.56. The molecule has 3 N–H and O–H groups in total. The quantitative estimate of drug-likeness (QED) is 0.730. The standard InChI is InChI=1S/C16H23N3O4/c1-10-17-12(6-14(21)18-10)8-19-5-4-13(20)16(9-19,15(22)23)7-11-2-3-11/h6,11,13,20H,2-5,7-9H2,1H3,(H,22,23)(H,17,18,21)/t13-,16+/m0/s1. The minimum atomic E-state index is -1.10. The number of carboxylic acid groups (broad SMARTS) is 1. The summed E-state index contributed by atoms with van der Waals surface area (Å²) in [7, 11) is 0. The molecule has 0 unspecified atom stereocenters. The Hall–Kier alpha value is -1.73. The third-order valence-corrected chi connectivity index (χ3v) is 4.94. The number of nitrogens with one attached hydrogen (secondary N) is 1. The minimum absolute atomic E-state index is 0.202. The molecule has 0 bridgehead atoms. The van der Waals surface area contributed by atoms with E-state index in [-0.39, 0.29) is 5.56 Å². The molecule has 1 aromatic rings. The Morgan fingerprint density at radius 1 is 1.48 bits per heavy atom. The zero-order valence-corrected chi connectivity index (χ0v) is 13.3. The Bertz CT molecular complexity index is 655. The zero-order chi connectivity index (χ0) is 16.6. The summed E-state index contributed by atoms with van der Waals surface area (Å²) >= 11 is 0. The van der Waals surface area contributed by atoms with Crippen LogP contribution in [0.3, 0.4) is 0 Å². The maximum absolute atomic E-state index is 11.9. The topological polar surface area (TPSA) is 107 Å². The first-order valence-electron chi connectivity index (χ1n) is 8.10. The number of aliphatic carboxylic acids is 1. The molecule has 23 heavy (non-hydrogen) atoms. The summed E-state index contributed by atoms with van der Waals surface area (Å²) < 4.78 is 0. The molecular weight excluding hydrogens is 298 g/mol. The second-order valence-corrected chi connectivity index (χ2v) is 6.95. The van der Waals surface area contributed by atoms with E-state index in [0.29, 0.717) is 49.9 Å². The monoisotopic (exact) mass is 321 g/mol. The summed E-state index contributed by atoms with van der Waals surface area (Å²) in [5.74, 6) is 0.0457. The number of carbonyl (C=O) groups is 1. The molecule has 2 heterocycles. The van der Waals surface area contributed by atoms with Gasteiger partial charge in [-0.05, 0) is 25.7 Å². The average molecular weight is 321 g/mol. The van der Waals surface area contributed by atoms with Crippen LogP contribution in [0.1, 0.15) is 37.2 Å². The first-order chi connectivity index (χ1) is 10.9. The fraction of sp³-hybridized carbons (Fsp3) is 0.688. The van der Waals surface area contributed by atoms with Crippen LogP contribution in [0.5, 0.6) is 0 Å². The van der Waals surface area contributed by atoms with E-state index in [0.717, 1.165) is 12.8 Å². The van der Waals surface area contributed by atoms with Crippen molar-refractivity contribution in [3.8, 4) is 0 Å². The van der Waals surface area contributed by atoms with Crippen molar-refractivity contribution in [3.63, 3.8) is 0 Å². The number of carboxylic acids is 1. The molecule has 0 amide bonds. The van der Waals surface area contributed by atoms with Crippen LogP contribution in [-0.2, 0) is 11.3 Å². The van der Waals surface area contributed by atoms with E-state index in [1.807, 2.05) is 4.90 Å². The molecule has 2 atom stereocenters. The van der Waals surface area contributed by atoms with Gasteiger partial charge in [0, 0.05) is 25.7 Å². The first-order valence-corrected chi connectivity index (χ1v) is 8.10. The molecule has 7 heteroatoms. The van der Waals surface area contributed by atoms with Gasteiger partial charge in [0.05, 0.1) is 11.8 Å². The highest BCUT2D eigenvalue weighted by Gasteiger charge is 2.51. The summed E-state index contributed by atoms with van der Waals surface area (Å²) in [5, 5.41) is 20.1. The van der Waals surface area contributed by atoms with Crippen LogP contribution in [0.4, 0.5) is 0 Å². The van der Waals surface area contributed by atoms with Crippen molar-refractivity contribution in [2.24, 2.45) is 11.3 Å². The molecule has 0 aromatic carbocycles. The second kappa shape index (κ2) is 6.05. The number of aryl methyl sites for hydroxylation is 1. The maximum atomic E-state index is 11.9. The lowest BCUT2D eigenvalue weighted by Gasteiger charge is -2.43. The molecule has 1 saturated carbocycles. The number of aliphatic hydroxyl groups excluding tert-OH is 1. The van der Waals surface area contributed by atoms with E-state index in [1.54, 1.807) is 6.92 Å². The number of rotatable bonds is 5. The van der Waals surface area contributed by atoms with E-state index in [4.69, 9.17) is 0 Å². The fourth-order valence-corrected chi connectivity index (χ4v) is 3.59. The highest BCUT2D eigenvalue weighted by Crippen LogP contribution is 2.45. The van der Waals surface area contributed by atoms with Crippen LogP contribution in [0, 0.1) is 18.3 Å². The molecular formula is C16H23N3O4. The molecule has 1 saturated heterocycles. The summed E-state index contributed by atoms with van der Waals surface area (Å²) in [6.45, 7) is 3.05. The molecule has 0 radical (unpaired) electrons.